The lowest BCUT2D eigenvalue weighted by Crippen LogP contribution is -2.42. The van der Waals surface area contributed by atoms with Crippen LogP contribution >= 0.6 is 0 Å². The fourth-order valence-electron chi connectivity index (χ4n) is 2.46. The van der Waals surface area contributed by atoms with Crippen LogP contribution in [0.4, 0.5) is 13.2 Å². The second kappa shape index (κ2) is 6.46. The molecule has 0 unspecified atom stereocenters. The highest BCUT2D eigenvalue weighted by Crippen LogP contribution is 2.22. The van der Waals surface area contributed by atoms with Gasteiger partial charge in [0.2, 0.25) is 0 Å². The molecule has 0 radical (unpaired) electrons. The van der Waals surface area contributed by atoms with Gasteiger partial charge in [-0.2, -0.15) is 13.2 Å². The summed E-state index contributed by atoms with van der Waals surface area (Å²) in [5, 5.41) is 2.79. The number of halogens is 3. The SMILES string of the molecule is Cn1cnc(C(=O)NCC2CCN(CC(F)(F)F)CC2)c1. The van der Waals surface area contributed by atoms with Crippen LogP contribution in [0.5, 0.6) is 0 Å². The number of hydrogen-bond donors (Lipinski definition) is 1. The Labute approximate surface area is 121 Å². The molecule has 1 aromatic heterocycles. The molecule has 2 heterocycles. The van der Waals surface area contributed by atoms with Crippen molar-refractivity contribution in [3.05, 3.63) is 18.2 Å². The van der Waals surface area contributed by atoms with E-state index < -0.39 is 12.7 Å². The fraction of sp³-hybridized carbons (Fsp3) is 0.692. The van der Waals surface area contributed by atoms with Gasteiger partial charge < -0.3 is 9.88 Å². The second-order valence-corrected chi connectivity index (χ2v) is 5.47. The van der Waals surface area contributed by atoms with Gasteiger partial charge in [-0.3, -0.25) is 9.69 Å². The molecule has 0 aromatic carbocycles. The predicted octanol–water partition coefficient (Wildman–Crippen LogP) is 1.42. The van der Waals surface area contributed by atoms with Crippen LogP contribution in [0, 0.1) is 5.92 Å². The number of hydrogen-bond acceptors (Lipinski definition) is 3. The van der Waals surface area contributed by atoms with E-state index in [1.54, 1.807) is 24.1 Å². The summed E-state index contributed by atoms with van der Waals surface area (Å²) in [5.74, 6) is -0.0181. The summed E-state index contributed by atoms with van der Waals surface area (Å²) < 4.78 is 38.5. The van der Waals surface area contributed by atoms with E-state index in [-0.39, 0.29) is 11.8 Å². The van der Waals surface area contributed by atoms with Crippen LogP contribution in [0.15, 0.2) is 12.5 Å². The van der Waals surface area contributed by atoms with Gasteiger partial charge in [0.15, 0.2) is 0 Å². The van der Waals surface area contributed by atoms with Crippen LogP contribution in [0.3, 0.4) is 0 Å². The lowest BCUT2D eigenvalue weighted by molar-refractivity contribution is -0.148. The molecule has 1 amide bonds. The van der Waals surface area contributed by atoms with Crippen molar-refractivity contribution in [2.45, 2.75) is 19.0 Å². The number of nitrogens with one attached hydrogen (secondary N) is 1. The zero-order valence-electron chi connectivity index (χ0n) is 11.9. The lowest BCUT2D eigenvalue weighted by Gasteiger charge is -2.32. The van der Waals surface area contributed by atoms with E-state index in [1.165, 1.54) is 4.90 Å². The number of aromatic nitrogens is 2. The van der Waals surface area contributed by atoms with E-state index in [0.29, 0.717) is 38.2 Å². The molecule has 1 aliphatic rings. The average molecular weight is 304 g/mol. The summed E-state index contributed by atoms with van der Waals surface area (Å²) in [6, 6.07) is 0. The molecular weight excluding hydrogens is 285 g/mol. The zero-order chi connectivity index (χ0) is 15.5. The third-order valence-electron chi connectivity index (χ3n) is 3.60. The first-order valence-electron chi connectivity index (χ1n) is 6.89. The van der Waals surface area contributed by atoms with Gasteiger partial charge in [0, 0.05) is 19.8 Å². The van der Waals surface area contributed by atoms with Gasteiger partial charge in [0.1, 0.15) is 5.69 Å². The van der Waals surface area contributed by atoms with Crippen molar-refractivity contribution in [2.75, 3.05) is 26.2 Å². The van der Waals surface area contributed by atoms with Crippen LogP contribution in [0.2, 0.25) is 0 Å². The van der Waals surface area contributed by atoms with E-state index in [2.05, 4.69) is 10.3 Å². The highest BCUT2D eigenvalue weighted by Gasteiger charge is 2.32. The minimum atomic E-state index is -4.14. The Hall–Kier alpha value is -1.57. The van der Waals surface area contributed by atoms with Crippen LogP contribution < -0.4 is 5.32 Å². The van der Waals surface area contributed by atoms with Gasteiger partial charge in [0.25, 0.3) is 5.91 Å². The van der Waals surface area contributed by atoms with Crippen LogP contribution in [0.25, 0.3) is 0 Å². The molecule has 1 fully saturated rings. The topological polar surface area (TPSA) is 50.2 Å². The highest BCUT2D eigenvalue weighted by atomic mass is 19.4. The van der Waals surface area contributed by atoms with Crippen molar-refractivity contribution in [1.82, 2.24) is 19.8 Å². The number of likely N-dealkylation sites (tertiary alicyclic amines) is 1. The van der Waals surface area contributed by atoms with Crippen molar-refractivity contribution >= 4 is 5.91 Å². The molecule has 1 aliphatic heterocycles. The molecule has 0 aliphatic carbocycles. The standard InChI is InChI=1S/C13H19F3N4O/c1-19-7-11(18-9-19)12(21)17-6-10-2-4-20(5-3-10)8-13(14,15)16/h7,9-10H,2-6,8H2,1H3,(H,17,21). The van der Waals surface area contributed by atoms with Crippen LogP contribution in [-0.2, 0) is 7.05 Å². The minimum absolute atomic E-state index is 0.224. The number of rotatable bonds is 4. The van der Waals surface area contributed by atoms with E-state index in [9.17, 15) is 18.0 Å². The Morgan fingerprint density at radius 1 is 1.43 bits per heavy atom. The first-order valence-corrected chi connectivity index (χ1v) is 6.89. The second-order valence-electron chi connectivity index (χ2n) is 5.47. The first kappa shape index (κ1) is 15.8. The van der Waals surface area contributed by atoms with Crippen LogP contribution in [-0.4, -0.2) is 52.7 Å². The van der Waals surface area contributed by atoms with Crippen molar-refractivity contribution in [3.63, 3.8) is 0 Å². The van der Waals surface area contributed by atoms with E-state index in [0.717, 1.165) is 0 Å². The fourth-order valence-corrected chi connectivity index (χ4v) is 2.46. The number of carbonyl (C=O) groups excluding carboxylic acids is 1. The Bertz CT molecular complexity index is 478. The zero-order valence-corrected chi connectivity index (χ0v) is 11.9. The number of carbonyl (C=O) groups is 1. The summed E-state index contributed by atoms with van der Waals surface area (Å²) in [7, 11) is 1.78. The van der Waals surface area contributed by atoms with E-state index in [4.69, 9.17) is 0 Å². The largest absolute Gasteiger partial charge is 0.401 e. The quantitative estimate of drug-likeness (QED) is 0.915. The van der Waals surface area contributed by atoms with Crippen molar-refractivity contribution in [3.8, 4) is 0 Å². The maximum Gasteiger partial charge on any atom is 0.401 e. The van der Waals surface area contributed by atoms with E-state index in [1.807, 2.05) is 0 Å². The average Bonchev–Trinajstić information content (AvgIpc) is 2.82. The van der Waals surface area contributed by atoms with Crippen molar-refractivity contribution in [2.24, 2.45) is 13.0 Å². The number of amides is 1. The maximum absolute atomic E-state index is 12.3. The molecule has 5 nitrogen and oxygen atoms in total. The molecule has 8 heteroatoms. The van der Waals surface area contributed by atoms with Gasteiger partial charge in [-0.15, -0.1) is 0 Å². The maximum atomic E-state index is 12.3. The Morgan fingerprint density at radius 2 is 2.10 bits per heavy atom. The monoisotopic (exact) mass is 304 g/mol. The van der Waals surface area contributed by atoms with Gasteiger partial charge in [0.05, 0.1) is 12.9 Å². The molecule has 0 bridgehead atoms. The van der Waals surface area contributed by atoms with Crippen molar-refractivity contribution in [1.29, 1.82) is 0 Å². The first-order chi connectivity index (χ1) is 9.83. The number of aryl methyl sites for hydroxylation is 1. The smallest absolute Gasteiger partial charge is 0.350 e. The van der Waals surface area contributed by atoms with Crippen molar-refractivity contribution < 1.29 is 18.0 Å². The Morgan fingerprint density at radius 3 is 2.62 bits per heavy atom. The third-order valence-corrected chi connectivity index (χ3v) is 3.60. The molecule has 1 N–H and O–H groups in total. The molecule has 0 atom stereocenters. The molecule has 118 valence electrons. The number of nitrogens with zero attached hydrogens (tertiary/aromatic N) is 3. The number of imidazole rings is 1. The Kier molecular flexibility index (Phi) is 4.87. The lowest BCUT2D eigenvalue weighted by atomic mass is 9.97. The van der Waals surface area contributed by atoms with Gasteiger partial charge >= 0.3 is 6.18 Å². The number of piperidine rings is 1. The third kappa shape index (κ3) is 5.04. The molecular formula is C13H19F3N4O. The summed E-state index contributed by atoms with van der Waals surface area (Å²) in [5.41, 5.74) is 0.354. The minimum Gasteiger partial charge on any atom is -0.350 e. The summed E-state index contributed by atoms with van der Waals surface area (Å²) in [6.07, 6.45) is 0.364. The van der Waals surface area contributed by atoms with Crippen LogP contribution in [0.1, 0.15) is 23.3 Å². The molecule has 1 aromatic rings. The molecule has 21 heavy (non-hydrogen) atoms. The Balaban J connectivity index is 1.70. The number of alkyl halides is 3. The molecule has 0 spiro atoms. The summed E-state index contributed by atoms with van der Waals surface area (Å²) in [4.78, 5) is 17.2. The van der Waals surface area contributed by atoms with E-state index >= 15 is 0 Å². The van der Waals surface area contributed by atoms with Gasteiger partial charge in [-0.05, 0) is 31.8 Å². The predicted molar refractivity (Wildman–Crippen MR) is 70.8 cm³/mol. The summed E-state index contributed by atoms with van der Waals surface area (Å²) >= 11 is 0. The van der Waals surface area contributed by atoms with Gasteiger partial charge in [-0.1, -0.05) is 0 Å². The molecule has 1 saturated heterocycles. The normalized spacial score (nSPS) is 17.9. The highest BCUT2D eigenvalue weighted by molar-refractivity contribution is 5.91. The summed E-state index contributed by atoms with van der Waals surface area (Å²) in [6.45, 7) is 0.475. The molecule has 2 rings (SSSR count). The molecule has 0 saturated carbocycles. The van der Waals surface area contributed by atoms with Gasteiger partial charge in [-0.25, -0.2) is 4.98 Å².